The van der Waals surface area contributed by atoms with Crippen LogP contribution in [-0.2, 0) is 35.7 Å². The van der Waals surface area contributed by atoms with E-state index in [1.165, 1.54) is 0 Å². The van der Waals surface area contributed by atoms with Crippen LogP contribution >= 0.6 is 40.5 Å². The summed E-state index contributed by atoms with van der Waals surface area (Å²) in [6.45, 7) is 10.0. The molecule has 33 heavy (non-hydrogen) atoms. The van der Waals surface area contributed by atoms with E-state index in [0.717, 1.165) is 85.5 Å². The molecular weight excluding hydrogens is 498 g/mol. The highest BCUT2D eigenvalue weighted by atomic mass is 32.1. The third-order valence-electron chi connectivity index (χ3n) is 4.62. The molecule has 4 heterocycles. The van der Waals surface area contributed by atoms with Gasteiger partial charge in [0.05, 0.1) is 47.3 Å². The molecule has 0 radical (unpaired) electrons. The molecule has 2 atom stereocenters. The Morgan fingerprint density at radius 1 is 1.03 bits per heavy atom. The van der Waals surface area contributed by atoms with Gasteiger partial charge in [0.1, 0.15) is 10.0 Å². The quantitative estimate of drug-likeness (QED) is 0.248. The number of rotatable bonds is 7. The van der Waals surface area contributed by atoms with Crippen LogP contribution in [0.15, 0.2) is 17.5 Å². The highest BCUT2D eigenvalue weighted by Crippen LogP contribution is 2.17. The summed E-state index contributed by atoms with van der Waals surface area (Å²) in [6, 6.07) is 0. The maximum Gasteiger partial charge on any atom is 0.107 e. The number of morpholine rings is 2. The number of aromatic nitrogens is 2. The van der Waals surface area contributed by atoms with Crippen molar-refractivity contribution in [1.29, 1.82) is 1.28 Å². The minimum absolute atomic E-state index is 0. The number of nitrogens with zero attached hydrogens (tertiary/aromatic N) is 7. The second-order valence-corrected chi connectivity index (χ2v) is 9.21. The van der Waals surface area contributed by atoms with Gasteiger partial charge in [-0.15, -0.1) is 40.5 Å². The molecule has 0 amide bonds. The first kappa shape index (κ1) is 28.5. The third kappa shape index (κ3) is 12.0. The summed E-state index contributed by atoms with van der Waals surface area (Å²) in [7, 11) is 2.52. The second kappa shape index (κ2) is 18.5. The molecule has 2 aromatic rings. The SMILES string of the molecule is C.NCc1cnc(CN2CCOCC2)s1.[3H]PP.[N-]=[N+]=NCc1cnc(CN2CCOCC2)s1. The van der Waals surface area contributed by atoms with Gasteiger partial charge in [-0.1, -0.05) is 12.5 Å². The van der Waals surface area contributed by atoms with E-state index in [2.05, 4.69) is 38.7 Å². The monoisotopic (exact) mass is 536 g/mol. The van der Waals surface area contributed by atoms with Gasteiger partial charge in [0.15, 0.2) is 0 Å². The predicted molar refractivity (Wildman–Crippen MR) is 143 cm³/mol. The molecule has 2 aromatic heterocycles. The van der Waals surface area contributed by atoms with Crippen molar-refractivity contribution >= 4 is 40.5 Å². The second-order valence-electron chi connectivity index (χ2n) is 6.81. The van der Waals surface area contributed by atoms with Gasteiger partial charge >= 0.3 is 0 Å². The van der Waals surface area contributed by atoms with E-state index in [1.807, 2.05) is 6.20 Å². The Kier molecular flexibility index (Phi) is 16.0. The van der Waals surface area contributed by atoms with Crippen LogP contribution in [0.5, 0.6) is 0 Å². The molecule has 0 saturated carbocycles. The lowest BCUT2D eigenvalue weighted by atomic mass is 10.4. The van der Waals surface area contributed by atoms with Crippen LogP contribution in [0.2, 0.25) is 0 Å². The van der Waals surface area contributed by atoms with Crippen LogP contribution in [0.4, 0.5) is 0 Å². The molecular formula is C19H36N8O2P2S2. The first-order valence-corrected chi connectivity index (χ1v) is 14.2. The summed E-state index contributed by atoms with van der Waals surface area (Å²) in [5.74, 6) is 0. The Morgan fingerprint density at radius 3 is 1.91 bits per heavy atom. The van der Waals surface area contributed by atoms with Crippen molar-refractivity contribution in [1.82, 2.24) is 19.8 Å². The molecule has 14 heteroatoms. The highest BCUT2D eigenvalue weighted by molar-refractivity contribution is 7.92. The van der Waals surface area contributed by atoms with Crippen LogP contribution in [-0.4, -0.2) is 73.7 Å². The standard InChI is InChI=1S/C9H13N5OS.C9H15N3OS.CH4.H4P2/c10-13-12-6-8-5-11-9(16-8)7-14-1-3-15-4-2-14;10-5-8-6-11-9(14-8)7-12-1-3-13-4-2-12;;1-2/h5H,1-4,6-7H2;6H,1-5,7,10H2;1H4;1-2H2/i;;;1T. The van der Waals surface area contributed by atoms with Crippen molar-refractivity contribution in [2.45, 2.75) is 33.6 Å². The van der Waals surface area contributed by atoms with E-state index >= 15 is 0 Å². The van der Waals surface area contributed by atoms with Gasteiger partial charge in [-0.3, -0.25) is 9.80 Å². The van der Waals surface area contributed by atoms with Crippen molar-refractivity contribution in [3.05, 3.63) is 42.6 Å². The largest absolute Gasteiger partial charge is 0.379 e. The number of hydrogen-bond donors (Lipinski definition) is 1. The molecule has 2 aliphatic rings. The Hall–Kier alpha value is -0.770. The van der Waals surface area contributed by atoms with E-state index in [-0.39, 0.29) is 16.3 Å². The molecule has 0 bridgehead atoms. The minimum atomic E-state index is 0. The minimum Gasteiger partial charge on any atom is -0.379 e. The van der Waals surface area contributed by atoms with E-state index in [1.54, 1.807) is 28.9 Å². The fourth-order valence-corrected chi connectivity index (χ4v) is 4.74. The van der Waals surface area contributed by atoms with Gasteiger partial charge in [-0.2, -0.15) is 0 Å². The lowest BCUT2D eigenvalue weighted by Crippen LogP contribution is -2.35. The van der Waals surface area contributed by atoms with Crippen LogP contribution in [0.1, 0.15) is 27.2 Å². The Morgan fingerprint density at radius 2 is 1.48 bits per heavy atom. The molecule has 2 aliphatic heterocycles. The Labute approximate surface area is 210 Å². The summed E-state index contributed by atoms with van der Waals surface area (Å²) in [4.78, 5) is 18.2. The average molecular weight is 537 g/mol. The molecule has 0 spiro atoms. The van der Waals surface area contributed by atoms with Crippen molar-refractivity contribution in [2.24, 2.45) is 10.8 Å². The summed E-state index contributed by atoms with van der Waals surface area (Å²) in [5.41, 5.74) is 13.7. The van der Waals surface area contributed by atoms with Crippen LogP contribution in [0, 0.1) is 0 Å². The molecule has 0 aliphatic carbocycles. The zero-order valence-electron chi connectivity index (χ0n) is 19.1. The molecule has 0 aromatic carbocycles. The Balaban J connectivity index is 0.000000299. The zero-order valence-corrected chi connectivity index (χ0v) is 21.8. The lowest BCUT2D eigenvalue weighted by molar-refractivity contribution is 0.0341. The summed E-state index contributed by atoms with van der Waals surface area (Å²) in [5, 5.41) is 5.75. The molecule has 2 unspecified atom stereocenters. The number of hydrogen-bond acceptors (Lipinski definition) is 10. The van der Waals surface area contributed by atoms with E-state index < -0.39 is 0 Å². The Bertz CT molecular complexity index is 829. The number of thiazole rings is 2. The van der Waals surface area contributed by atoms with Crippen molar-refractivity contribution < 1.29 is 9.47 Å². The van der Waals surface area contributed by atoms with Gasteiger partial charge < -0.3 is 15.2 Å². The number of nitrogens with two attached hydrogens (primary N) is 1. The van der Waals surface area contributed by atoms with Crippen LogP contribution in [0.25, 0.3) is 10.4 Å². The fraction of sp³-hybridized carbons (Fsp3) is 0.684. The van der Waals surface area contributed by atoms with Gasteiger partial charge in [0, 0.05) is 59.8 Å². The topological polar surface area (TPSA) is 126 Å². The predicted octanol–water partition coefficient (Wildman–Crippen LogP) is 3.51. The van der Waals surface area contributed by atoms with Gasteiger partial charge in [0.25, 0.3) is 0 Å². The number of ether oxygens (including phenoxy) is 2. The van der Waals surface area contributed by atoms with Crippen LogP contribution in [0.3, 0.4) is 0 Å². The third-order valence-corrected chi connectivity index (χ3v) is 6.59. The molecule has 2 fully saturated rings. The smallest absolute Gasteiger partial charge is 0.107 e. The fourth-order valence-electron chi connectivity index (χ4n) is 3.01. The van der Waals surface area contributed by atoms with Crippen molar-refractivity contribution in [2.75, 3.05) is 52.6 Å². The van der Waals surface area contributed by atoms with Gasteiger partial charge in [-0.25, -0.2) is 9.97 Å². The molecule has 10 nitrogen and oxygen atoms in total. The lowest BCUT2D eigenvalue weighted by Gasteiger charge is -2.25. The number of azide groups is 1. The maximum absolute atomic E-state index is 8.22. The highest BCUT2D eigenvalue weighted by Gasteiger charge is 2.13. The summed E-state index contributed by atoms with van der Waals surface area (Å²) in [6.07, 6.45) is 3.66. The van der Waals surface area contributed by atoms with Gasteiger partial charge in [-0.05, 0) is 5.53 Å². The molecule has 2 N–H and O–H groups in total. The van der Waals surface area contributed by atoms with E-state index in [9.17, 15) is 0 Å². The van der Waals surface area contributed by atoms with Gasteiger partial charge in [0.2, 0.25) is 0 Å². The average Bonchev–Trinajstić information content (AvgIpc) is 3.49. The first-order valence-electron chi connectivity index (χ1n) is 10.7. The molecule has 2 saturated heterocycles. The summed E-state index contributed by atoms with van der Waals surface area (Å²) >= 11 is 3.32. The van der Waals surface area contributed by atoms with E-state index in [4.69, 9.17) is 22.0 Å². The molecule has 4 rings (SSSR count). The summed E-state index contributed by atoms with van der Waals surface area (Å²) < 4.78 is 16.8. The molecule has 186 valence electrons. The maximum atomic E-state index is 8.22. The van der Waals surface area contributed by atoms with Crippen LogP contribution < -0.4 is 5.73 Å². The van der Waals surface area contributed by atoms with Crippen molar-refractivity contribution in [3.8, 4) is 0 Å². The first-order chi connectivity index (χ1) is 16.2. The normalized spacial score (nSPS) is 17.1. The van der Waals surface area contributed by atoms with Crippen molar-refractivity contribution in [3.63, 3.8) is 0 Å². The zero-order chi connectivity index (χ0) is 23.7. The van der Waals surface area contributed by atoms with E-state index in [0.29, 0.717) is 13.1 Å².